The molecule has 0 atom stereocenters. The van der Waals surface area contributed by atoms with Crippen LogP contribution in [-0.4, -0.2) is 17.6 Å². The molecule has 1 aromatic heterocycles. The lowest BCUT2D eigenvalue weighted by Gasteiger charge is -2.24. The van der Waals surface area contributed by atoms with Gasteiger partial charge in [0.1, 0.15) is 11.4 Å². The molecule has 0 amide bonds. The first-order valence-corrected chi connectivity index (χ1v) is 7.06. The van der Waals surface area contributed by atoms with Crippen molar-refractivity contribution in [1.82, 2.24) is 4.98 Å². The van der Waals surface area contributed by atoms with Gasteiger partial charge >= 0.3 is 0 Å². The number of hydrogen-bond donors (Lipinski definition) is 1. The van der Waals surface area contributed by atoms with Gasteiger partial charge in [-0.05, 0) is 38.5 Å². The van der Waals surface area contributed by atoms with Crippen molar-refractivity contribution in [3.63, 3.8) is 0 Å². The predicted molar refractivity (Wildman–Crippen MR) is 87.6 cm³/mol. The van der Waals surface area contributed by atoms with Gasteiger partial charge in [-0.15, -0.1) is 0 Å². The highest BCUT2D eigenvalue weighted by Gasteiger charge is 2.16. The van der Waals surface area contributed by atoms with Crippen LogP contribution in [0.1, 0.15) is 26.3 Å². The van der Waals surface area contributed by atoms with Crippen molar-refractivity contribution in [2.75, 3.05) is 17.7 Å². The first-order chi connectivity index (χ1) is 9.85. The zero-order valence-corrected chi connectivity index (χ0v) is 13.1. The molecule has 1 heterocycles. The maximum atomic E-state index is 5.94. The van der Waals surface area contributed by atoms with E-state index in [9.17, 15) is 0 Å². The molecule has 0 aliphatic heterocycles. The highest BCUT2D eigenvalue weighted by molar-refractivity contribution is 5.54. The van der Waals surface area contributed by atoms with Crippen LogP contribution in [0.25, 0.3) is 0 Å². The average Bonchev–Trinajstić information content (AvgIpc) is 2.41. The largest absolute Gasteiger partial charge is 0.470 e. The van der Waals surface area contributed by atoms with Crippen molar-refractivity contribution in [1.29, 1.82) is 0 Å². The Morgan fingerprint density at radius 2 is 1.76 bits per heavy atom. The summed E-state index contributed by atoms with van der Waals surface area (Å²) in [5, 5.41) is 0. The number of hydrogen-bond acceptors (Lipinski definition) is 4. The zero-order chi connectivity index (χ0) is 15.5. The topological polar surface area (TPSA) is 51.4 Å². The number of benzene rings is 1. The zero-order valence-electron chi connectivity index (χ0n) is 13.1. The Bertz CT molecular complexity index is 591. The highest BCUT2D eigenvalue weighted by atomic mass is 16.5. The SMILES string of the molecule is CN(Cc1ccccc1)c1ccc(N)c(OC(C)(C)C)n1. The number of nitrogens with two attached hydrogens (primary N) is 1. The Kier molecular flexibility index (Phi) is 4.36. The number of anilines is 2. The van der Waals surface area contributed by atoms with Gasteiger partial charge in [0.15, 0.2) is 0 Å². The minimum absolute atomic E-state index is 0.322. The van der Waals surface area contributed by atoms with Crippen LogP contribution >= 0.6 is 0 Å². The van der Waals surface area contributed by atoms with E-state index >= 15 is 0 Å². The second-order valence-electron chi connectivity index (χ2n) is 6.12. The van der Waals surface area contributed by atoms with Crippen LogP contribution in [0.5, 0.6) is 5.88 Å². The molecular formula is C17H23N3O. The van der Waals surface area contributed by atoms with Gasteiger partial charge in [-0.2, -0.15) is 4.98 Å². The average molecular weight is 285 g/mol. The van der Waals surface area contributed by atoms with Crippen molar-refractivity contribution in [2.24, 2.45) is 0 Å². The van der Waals surface area contributed by atoms with E-state index in [-0.39, 0.29) is 5.60 Å². The van der Waals surface area contributed by atoms with Gasteiger partial charge in [0.05, 0.1) is 5.69 Å². The van der Waals surface area contributed by atoms with Crippen molar-refractivity contribution >= 4 is 11.5 Å². The summed E-state index contributed by atoms with van der Waals surface area (Å²) in [5.41, 5.74) is 7.41. The van der Waals surface area contributed by atoms with E-state index < -0.39 is 0 Å². The van der Waals surface area contributed by atoms with Gasteiger partial charge in [-0.1, -0.05) is 30.3 Å². The summed E-state index contributed by atoms with van der Waals surface area (Å²) in [5.74, 6) is 1.33. The van der Waals surface area contributed by atoms with E-state index in [0.29, 0.717) is 11.6 Å². The fourth-order valence-electron chi connectivity index (χ4n) is 1.96. The van der Waals surface area contributed by atoms with Gasteiger partial charge in [-0.25, -0.2) is 0 Å². The smallest absolute Gasteiger partial charge is 0.239 e. The lowest BCUT2D eigenvalue weighted by molar-refractivity contribution is 0.125. The van der Waals surface area contributed by atoms with Crippen molar-refractivity contribution in [3.8, 4) is 5.88 Å². The Morgan fingerprint density at radius 3 is 2.38 bits per heavy atom. The molecule has 0 aliphatic carbocycles. The van der Waals surface area contributed by atoms with E-state index in [1.807, 2.05) is 58.2 Å². The highest BCUT2D eigenvalue weighted by Crippen LogP contribution is 2.26. The molecule has 21 heavy (non-hydrogen) atoms. The summed E-state index contributed by atoms with van der Waals surface area (Å²) >= 11 is 0. The van der Waals surface area contributed by atoms with Crippen LogP contribution < -0.4 is 15.4 Å². The van der Waals surface area contributed by atoms with Gasteiger partial charge in [0.2, 0.25) is 5.88 Å². The quantitative estimate of drug-likeness (QED) is 0.934. The second-order valence-corrected chi connectivity index (χ2v) is 6.12. The monoisotopic (exact) mass is 285 g/mol. The van der Waals surface area contributed by atoms with Gasteiger partial charge in [0.25, 0.3) is 0 Å². The maximum Gasteiger partial charge on any atom is 0.239 e. The number of nitrogen functional groups attached to an aromatic ring is 1. The van der Waals surface area contributed by atoms with Crippen LogP contribution in [0.15, 0.2) is 42.5 Å². The molecule has 0 radical (unpaired) electrons. The van der Waals surface area contributed by atoms with Crippen LogP contribution in [0.4, 0.5) is 11.5 Å². The van der Waals surface area contributed by atoms with Gasteiger partial charge in [0, 0.05) is 13.6 Å². The lowest BCUT2D eigenvalue weighted by Crippen LogP contribution is -2.25. The minimum atomic E-state index is -0.322. The van der Waals surface area contributed by atoms with E-state index in [1.54, 1.807) is 0 Å². The maximum absolute atomic E-state index is 5.94. The van der Waals surface area contributed by atoms with E-state index in [2.05, 4.69) is 22.0 Å². The van der Waals surface area contributed by atoms with E-state index in [0.717, 1.165) is 12.4 Å². The molecule has 0 saturated heterocycles. The summed E-state index contributed by atoms with van der Waals surface area (Å²) < 4.78 is 5.81. The Morgan fingerprint density at radius 1 is 1.10 bits per heavy atom. The Balaban J connectivity index is 2.18. The number of pyridine rings is 1. The number of ether oxygens (including phenoxy) is 1. The number of aromatic nitrogens is 1. The first-order valence-electron chi connectivity index (χ1n) is 7.06. The van der Waals surface area contributed by atoms with Crippen molar-refractivity contribution in [3.05, 3.63) is 48.0 Å². The molecule has 0 aliphatic rings. The summed E-state index contributed by atoms with van der Waals surface area (Å²) in [4.78, 5) is 6.61. The molecule has 4 heteroatoms. The molecule has 1 aromatic carbocycles. The Labute approximate surface area is 126 Å². The minimum Gasteiger partial charge on any atom is -0.470 e. The third kappa shape index (κ3) is 4.38. The fraction of sp³-hybridized carbons (Fsp3) is 0.353. The number of rotatable bonds is 4. The summed E-state index contributed by atoms with van der Waals surface area (Å²) in [7, 11) is 2.01. The second kappa shape index (κ2) is 6.04. The number of nitrogens with zero attached hydrogens (tertiary/aromatic N) is 2. The third-order valence-corrected chi connectivity index (χ3v) is 2.93. The molecule has 2 aromatic rings. The van der Waals surface area contributed by atoms with Crippen molar-refractivity contribution < 1.29 is 4.74 Å². The summed E-state index contributed by atoms with van der Waals surface area (Å²) in [6, 6.07) is 14.0. The van der Waals surface area contributed by atoms with E-state index in [4.69, 9.17) is 10.5 Å². The standard InChI is InChI=1S/C17H23N3O/c1-17(2,3)21-16-14(18)10-11-15(19-16)20(4)12-13-8-6-5-7-9-13/h5-11H,12,18H2,1-4H3. The predicted octanol–water partition coefficient (Wildman–Crippen LogP) is 3.48. The molecular weight excluding hydrogens is 262 g/mol. The molecule has 0 unspecified atom stereocenters. The molecule has 0 fully saturated rings. The summed E-state index contributed by atoms with van der Waals surface area (Å²) in [6.07, 6.45) is 0. The van der Waals surface area contributed by atoms with Crippen molar-refractivity contribution in [2.45, 2.75) is 32.9 Å². The fourth-order valence-corrected chi connectivity index (χ4v) is 1.96. The van der Waals surface area contributed by atoms with Crippen LogP contribution in [0.3, 0.4) is 0 Å². The molecule has 0 saturated carbocycles. The molecule has 0 bridgehead atoms. The third-order valence-electron chi connectivity index (χ3n) is 2.93. The molecule has 4 nitrogen and oxygen atoms in total. The van der Waals surface area contributed by atoms with Crippen LogP contribution in [0, 0.1) is 0 Å². The summed E-state index contributed by atoms with van der Waals surface area (Å²) in [6.45, 7) is 6.73. The normalized spacial score (nSPS) is 11.2. The molecule has 112 valence electrons. The Hall–Kier alpha value is -2.23. The first kappa shape index (κ1) is 15.2. The molecule has 0 spiro atoms. The lowest BCUT2D eigenvalue weighted by atomic mass is 10.2. The molecule has 2 N–H and O–H groups in total. The van der Waals surface area contributed by atoms with Gasteiger partial charge < -0.3 is 15.4 Å². The van der Waals surface area contributed by atoms with E-state index in [1.165, 1.54) is 5.56 Å². The van der Waals surface area contributed by atoms with Gasteiger partial charge in [-0.3, -0.25) is 0 Å². The van der Waals surface area contributed by atoms with Crippen LogP contribution in [-0.2, 0) is 6.54 Å². The molecule has 2 rings (SSSR count). The van der Waals surface area contributed by atoms with Crippen LogP contribution in [0.2, 0.25) is 0 Å².